The molecule has 8 nitrogen and oxygen atoms in total. The monoisotopic (exact) mass is 437 g/mol. The van der Waals surface area contributed by atoms with Gasteiger partial charge in [-0.3, -0.25) is 14.9 Å². The van der Waals surface area contributed by atoms with E-state index in [1.807, 2.05) is 0 Å². The maximum Gasteiger partial charge on any atom is 0.307 e. The summed E-state index contributed by atoms with van der Waals surface area (Å²) < 4.78 is 5.97. The molecular formula is C16H9BrClN3O5. The number of phenolic OH excluding ortho intramolecular Hbond substituents is 1. The Morgan fingerprint density at radius 3 is 2.85 bits per heavy atom. The number of nitro groups is 1. The Bertz CT molecular complexity index is 1060. The molecule has 26 heavy (non-hydrogen) atoms. The second kappa shape index (κ2) is 7.14. The zero-order chi connectivity index (χ0) is 18.8. The molecule has 10 heteroatoms. The van der Waals surface area contributed by atoms with Gasteiger partial charge < -0.3 is 9.52 Å². The lowest BCUT2D eigenvalue weighted by atomic mass is 10.2. The summed E-state index contributed by atoms with van der Waals surface area (Å²) in [4.78, 5) is 22.3. The van der Waals surface area contributed by atoms with Crippen LogP contribution < -0.4 is 5.43 Å². The highest BCUT2D eigenvalue weighted by Gasteiger charge is 2.14. The van der Waals surface area contributed by atoms with E-state index < -0.39 is 10.8 Å². The fourth-order valence-electron chi connectivity index (χ4n) is 2.16. The number of nitrogens with one attached hydrogen (secondary N) is 1. The summed E-state index contributed by atoms with van der Waals surface area (Å²) in [6, 6.07) is 8.46. The summed E-state index contributed by atoms with van der Waals surface area (Å²) in [5.41, 5.74) is 2.77. The number of fused-ring (bicyclic) bond motifs is 1. The topological polar surface area (TPSA) is 118 Å². The van der Waals surface area contributed by atoms with Gasteiger partial charge in [0.25, 0.3) is 5.69 Å². The molecule has 132 valence electrons. The number of furan rings is 1. The highest BCUT2D eigenvalue weighted by atomic mass is 79.9. The van der Waals surface area contributed by atoms with Gasteiger partial charge in [0.2, 0.25) is 0 Å². The largest absolute Gasteiger partial charge is 0.506 e. The van der Waals surface area contributed by atoms with Gasteiger partial charge in [0.05, 0.1) is 16.2 Å². The van der Waals surface area contributed by atoms with Crippen LogP contribution in [-0.2, 0) is 0 Å². The van der Waals surface area contributed by atoms with E-state index in [0.29, 0.717) is 21.0 Å². The Hall–Kier alpha value is -2.91. The number of hydrogen-bond donors (Lipinski definition) is 2. The lowest BCUT2D eigenvalue weighted by Crippen LogP contribution is -2.16. The first-order chi connectivity index (χ1) is 12.3. The molecule has 0 atom stereocenters. The van der Waals surface area contributed by atoms with Gasteiger partial charge in [0.15, 0.2) is 5.76 Å². The van der Waals surface area contributed by atoms with Crippen molar-refractivity contribution in [3.63, 3.8) is 0 Å². The Balaban J connectivity index is 1.78. The van der Waals surface area contributed by atoms with Crippen molar-refractivity contribution in [2.24, 2.45) is 5.10 Å². The van der Waals surface area contributed by atoms with Gasteiger partial charge in [0.1, 0.15) is 11.3 Å². The van der Waals surface area contributed by atoms with Gasteiger partial charge in [-0.05, 0) is 24.3 Å². The number of nitro benzene ring substituents is 1. The maximum atomic E-state index is 12.1. The number of halogens is 2. The van der Waals surface area contributed by atoms with E-state index in [9.17, 15) is 20.0 Å². The fourth-order valence-corrected chi connectivity index (χ4v) is 2.99. The Kier molecular flexibility index (Phi) is 4.92. The summed E-state index contributed by atoms with van der Waals surface area (Å²) in [6.07, 6.45) is 1.22. The molecule has 1 aromatic heterocycles. The molecule has 0 aliphatic rings. The number of amides is 1. The highest BCUT2D eigenvalue weighted by Crippen LogP contribution is 2.30. The third kappa shape index (κ3) is 3.68. The second-order valence-corrected chi connectivity index (χ2v) is 6.44. The van der Waals surface area contributed by atoms with Crippen LogP contribution in [-0.4, -0.2) is 22.2 Å². The van der Waals surface area contributed by atoms with E-state index in [-0.39, 0.29) is 22.2 Å². The highest BCUT2D eigenvalue weighted by molar-refractivity contribution is 9.10. The van der Waals surface area contributed by atoms with E-state index in [1.165, 1.54) is 36.5 Å². The van der Waals surface area contributed by atoms with Crippen molar-refractivity contribution < 1.29 is 19.2 Å². The fraction of sp³-hybridized carbons (Fsp3) is 0. The first kappa shape index (κ1) is 17.9. The average molecular weight is 439 g/mol. The molecule has 3 rings (SSSR count). The summed E-state index contributed by atoms with van der Waals surface area (Å²) in [7, 11) is 0. The van der Waals surface area contributed by atoms with Crippen molar-refractivity contribution in [1.82, 2.24) is 5.43 Å². The lowest BCUT2D eigenvalue weighted by Gasteiger charge is -2.02. The molecule has 2 N–H and O–H groups in total. The molecule has 1 amide bonds. The number of benzene rings is 2. The number of phenols is 1. The Morgan fingerprint density at radius 1 is 1.35 bits per heavy atom. The molecule has 0 saturated carbocycles. The third-order valence-electron chi connectivity index (χ3n) is 3.36. The van der Waals surface area contributed by atoms with E-state index in [1.54, 1.807) is 6.07 Å². The van der Waals surface area contributed by atoms with Gasteiger partial charge in [-0.15, -0.1) is 0 Å². The molecule has 2 aromatic carbocycles. The maximum absolute atomic E-state index is 12.1. The van der Waals surface area contributed by atoms with Crippen LogP contribution in [0.1, 0.15) is 16.1 Å². The van der Waals surface area contributed by atoms with Crippen LogP contribution in [0.25, 0.3) is 11.0 Å². The predicted molar refractivity (Wildman–Crippen MR) is 98.7 cm³/mol. The minimum absolute atomic E-state index is 0.0610. The van der Waals surface area contributed by atoms with Crippen molar-refractivity contribution in [1.29, 1.82) is 0 Å². The molecule has 3 aromatic rings. The number of nitrogens with zero attached hydrogens (tertiary/aromatic N) is 2. The van der Waals surface area contributed by atoms with E-state index >= 15 is 0 Å². The standard InChI is InChI=1S/C16H9BrClN3O5/c17-10-3-9(15(22)12(18)6-10)7-19-20-16(23)14-5-8-4-11(21(24)25)1-2-13(8)26-14/h1-7,22H,(H,20,23)/b19-7-. The van der Waals surface area contributed by atoms with Gasteiger partial charge >= 0.3 is 5.91 Å². The van der Waals surface area contributed by atoms with Gasteiger partial charge in [-0.2, -0.15) is 5.10 Å². The Labute approximate surface area is 159 Å². The number of hydrogen-bond acceptors (Lipinski definition) is 6. The van der Waals surface area contributed by atoms with Gasteiger partial charge in [0, 0.05) is 27.6 Å². The van der Waals surface area contributed by atoms with Crippen LogP contribution in [0.3, 0.4) is 0 Å². The smallest absolute Gasteiger partial charge is 0.307 e. The zero-order valence-electron chi connectivity index (χ0n) is 12.8. The van der Waals surface area contributed by atoms with Crippen molar-refractivity contribution in [3.8, 4) is 5.75 Å². The predicted octanol–water partition coefficient (Wildman–Crippen LogP) is 4.23. The third-order valence-corrected chi connectivity index (χ3v) is 4.11. The van der Waals surface area contributed by atoms with E-state index in [2.05, 4.69) is 26.5 Å². The molecular weight excluding hydrogens is 430 g/mol. The van der Waals surface area contributed by atoms with Crippen molar-refractivity contribution in [3.05, 3.63) is 67.3 Å². The molecule has 0 aliphatic carbocycles. The van der Waals surface area contributed by atoms with Gasteiger partial charge in [-0.25, -0.2) is 5.43 Å². The number of aromatic hydroxyl groups is 1. The van der Waals surface area contributed by atoms with Crippen LogP contribution in [0.5, 0.6) is 5.75 Å². The minimum Gasteiger partial charge on any atom is -0.506 e. The number of hydrazone groups is 1. The lowest BCUT2D eigenvalue weighted by molar-refractivity contribution is -0.384. The molecule has 0 bridgehead atoms. The van der Waals surface area contributed by atoms with Crippen LogP contribution in [0.15, 0.2) is 50.4 Å². The first-order valence-electron chi connectivity index (χ1n) is 7.04. The van der Waals surface area contributed by atoms with Crippen molar-refractivity contribution in [2.75, 3.05) is 0 Å². The zero-order valence-corrected chi connectivity index (χ0v) is 15.1. The van der Waals surface area contributed by atoms with Gasteiger partial charge in [-0.1, -0.05) is 27.5 Å². The molecule has 0 saturated heterocycles. The normalized spacial score (nSPS) is 11.2. The van der Waals surface area contributed by atoms with Crippen molar-refractivity contribution in [2.45, 2.75) is 0 Å². The molecule has 0 fully saturated rings. The minimum atomic E-state index is -0.652. The average Bonchev–Trinajstić information content (AvgIpc) is 3.02. The molecule has 0 radical (unpaired) electrons. The van der Waals surface area contributed by atoms with Crippen LogP contribution in [0.2, 0.25) is 5.02 Å². The van der Waals surface area contributed by atoms with Crippen LogP contribution in [0, 0.1) is 10.1 Å². The van der Waals surface area contributed by atoms with E-state index in [0.717, 1.165) is 0 Å². The number of rotatable bonds is 4. The molecule has 0 aliphatic heterocycles. The number of non-ortho nitro benzene ring substituents is 1. The molecule has 0 unspecified atom stereocenters. The Morgan fingerprint density at radius 2 is 2.12 bits per heavy atom. The summed E-state index contributed by atoms with van der Waals surface area (Å²) >= 11 is 9.08. The van der Waals surface area contributed by atoms with Crippen LogP contribution in [0.4, 0.5) is 5.69 Å². The molecule has 1 heterocycles. The summed E-state index contributed by atoms with van der Waals surface area (Å²) in [5, 5.41) is 24.9. The summed E-state index contributed by atoms with van der Waals surface area (Å²) in [5.74, 6) is -0.890. The van der Waals surface area contributed by atoms with Crippen molar-refractivity contribution >= 4 is 56.3 Å². The SMILES string of the molecule is O=C(N/N=C\c1cc(Br)cc(Cl)c1O)c1cc2cc([N+](=O)[O-])ccc2o1. The molecule has 0 spiro atoms. The summed E-state index contributed by atoms with van der Waals surface area (Å²) in [6.45, 7) is 0. The quantitative estimate of drug-likeness (QED) is 0.359. The first-order valence-corrected chi connectivity index (χ1v) is 8.21. The van der Waals surface area contributed by atoms with Crippen LogP contribution >= 0.6 is 27.5 Å². The second-order valence-electron chi connectivity index (χ2n) is 5.11. The number of carbonyl (C=O) groups is 1. The number of carbonyl (C=O) groups excluding carboxylic acids is 1. The van der Waals surface area contributed by atoms with E-state index in [4.69, 9.17) is 16.0 Å².